The van der Waals surface area contributed by atoms with Crippen LogP contribution in [0.1, 0.15) is 41.1 Å². The van der Waals surface area contributed by atoms with Gasteiger partial charge in [-0.05, 0) is 35.2 Å². The number of benzene rings is 2. The van der Waals surface area contributed by atoms with Crippen LogP contribution in [-0.4, -0.2) is 60.1 Å². The number of methoxy groups -OCH3 is 1. The molecule has 3 aromatic rings. The quantitative estimate of drug-likeness (QED) is 0.589. The summed E-state index contributed by atoms with van der Waals surface area (Å²) < 4.78 is 17.0. The maximum Gasteiger partial charge on any atom is 0.410 e. The first-order chi connectivity index (χ1) is 17.5. The van der Waals surface area contributed by atoms with E-state index in [2.05, 4.69) is 29.2 Å². The van der Waals surface area contributed by atoms with E-state index >= 15 is 0 Å². The molecule has 186 valence electrons. The number of ether oxygens (including phenoxy) is 3. The first kappa shape index (κ1) is 23.0. The summed E-state index contributed by atoms with van der Waals surface area (Å²) in [7, 11) is 1.57. The summed E-state index contributed by atoms with van der Waals surface area (Å²) in [6, 6.07) is 19.7. The van der Waals surface area contributed by atoms with Crippen LogP contribution in [0.3, 0.4) is 0 Å². The summed E-state index contributed by atoms with van der Waals surface area (Å²) in [5.41, 5.74) is 5.17. The maximum atomic E-state index is 13.4. The van der Waals surface area contributed by atoms with Gasteiger partial charge < -0.3 is 19.3 Å². The van der Waals surface area contributed by atoms with Gasteiger partial charge in [0.2, 0.25) is 5.88 Å². The highest BCUT2D eigenvalue weighted by Crippen LogP contribution is 2.45. The number of aryl methyl sites for hydroxylation is 1. The van der Waals surface area contributed by atoms with Crippen molar-refractivity contribution in [3.63, 3.8) is 0 Å². The molecule has 1 aliphatic carbocycles. The first-order valence-corrected chi connectivity index (χ1v) is 12.4. The topological polar surface area (TPSA) is 81.1 Å². The third kappa shape index (κ3) is 3.74. The molecule has 2 fully saturated rings. The molecule has 2 aliphatic heterocycles. The molecule has 2 saturated heterocycles. The lowest BCUT2D eigenvalue weighted by Crippen LogP contribution is -2.62. The van der Waals surface area contributed by atoms with E-state index in [0.29, 0.717) is 31.9 Å². The van der Waals surface area contributed by atoms with E-state index in [1.807, 2.05) is 37.3 Å². The van der Waals surface area contributed by atoms with Gasteiger partial charge in [-0.3, -0.25) is 4.90 Å². The van der Waals surface area contributed by atoms with Crippen molar-refractivity contribution in [1.29, 1.82) is 0 Å². The number of fused-ring (bicyclic) bond motifs is 5. The van der Waals surface area contributed by atoms with Gasteiger partial charge >= 0.3 is 6.09 Å². The largest absolute Gasteiger partial charge is 0.481 e. The normalized spacial score (nSPS) is 24.7. The van der Waals surface area contributed by atoms with Crippen LogP contribution in [0.2, 0.25) is 0 Å². The van der Waals surface area contributed by atoms with E-state index in [9.17, 15) is 9.90 Å². The van der Waals surface area contributed by atoms with Crippen LogP contribution in [0.15, 0.2) is 60.7 Å². The van der Waals surface area contributed by atoms with Crippen LogP contribution in [0, 0.1) is 6.92 Å². The fourth-order valence-electron chi connectivity index (χ4n) is 6.31. The Balaban J connectivity index is 1.20. The van der Waals surface area contributed by atoms with Crippen LogP contribution in [0.5, 0.6) is 5.88 Å². The standard InChI is InChI=1S/C29H30N2O5/c1-18-26(11-12-27(30-18)34-2)29(33)13-19-15-35-16-20(14-29)31(19)28(32)36-17-25-23-9-5-3-7-21(23)22-8-4-6-10-24(22)25/h3-12,19-20,25,33H,13-17H2,1-2H3. The Hall–Kier alpha value is -3.42. The number of piperidine rings is 1. The van der Waals surface area contributed by atoms with Crippen LogP contribution >= 0.6 is 0 Å². The molecular weight excluding hydrogens is 456 g/mol. The summed E-state index contributed by atoms with van der Waals surface area (Å²) in [6.07, 6.45) is 0.382. The number of pyridine rings is 1. The van der Waals surface area contributed by atoms with E-state index in [0.717, 1.165) is 11.3 Å². The minimum Gasteiger partial charge on any atom is -0.481 e. The highest BCUT2D eigenvalue weighted by molar-refractivity contribution is 5.79. The van der Waals surface area contributed by atoms with Crippen LogP contribution in [0.25, 0.3) is 11.1 Å². The van der Waals surface area contributed by atoms with Crippen LogP contribution in [-0.2, 0) is 15.1 Å². The monoisotopic (exact) mass is 486 g/mol. The molecule has 0 spiro atoms. The van der Waals surface area contributed by atoms with Crippen molar-refractivity contribution < 1.29 is 24.1 Å². The number of carbonyl (C=O) groups excluding carboxylic acids is 1. The van der Waals surface area contributed by atoms with Crippen molar-refractivity contribution in [1.82, 2.24) is 9.88 Å². The molecule has 0 saturated carbocycles. The number of amides is 1. The Morgan fingerprint density at radius 3 is 2.22 bits per heavy atom. The van der Waals surface area contributed by atoms with Crippen molar-refractivity contribution in [3.05, 3.63) is 83.0 Å². The molecule has 2 aromatic carbocycles. The average Bonchev–Trinajstić information content (AvgIpc) is 3.20. The third-order valence-corrected chi connectivity index (χ3v) is 7.87. The predicted octanol–water partition coefficient (Wildman–Crippen LogP) is 4.40. The number of hydrogen-bond acceptors (Lipinski definition) is 6. The fraction of sp³-hybridized carbons (Fsp3) is 0.379. The number of morpholine rings is 1. The molecule has 7 nitrogen and oxygen atoms in total. The highest BCUT2D eigenvalue weighted by atomic mass is 16.6. The second-order valence-electron chi connectivity index (χ2n) is 9.98. The van der Waals surface area contributed by atoms with Crippen LogP contribution in [0.4, 0.5) is 4.79 Å². The Labute approximate surface area is 210 Å². The van der Waals surface area contributed by atoms with Gasteiger partial charge in [0.05, 0.1) is 38.0 Å². The molecule has 1 amide bonds. The molecule has 0 radical (unpaired) electrons. The van der Waals surface area contributed by atoms with E-state index in [1.165, 1.54) is 22.3 Å². The average molecular weight is 487 g/mol. The lowest BCUT2D eigenvalue weighted by atomic mass is 9.76. The zero-order chi connectivity index (χ0) is 24.9. The minimum absolute atomic E-state index is 0.00665. The summed E-state index contributed by atoms with van der Waals surface area (Å²) >= 11 is 0. The zero-order valence-electron chi connectivity index (χ0n) is 20.5. The Kier molecular flexibility index (Phi) is 5.69. The third-order valence-electron chi connectivity index (χ3n) is 7.87. The Morgan fingerprint density at radius 2 is 1.64 bits per heavy atom. The predicted molar refractivity (Wildman–Crippen MR) is 134 cm³/mol. The number of aliphatic hydroxyl groups is 1. The van der Waals surface area contributed by atoms with Gasteiger partial charge in [0.15, 0.2) is 0 Å². The second-order valence-corrected chi connectivity index (χ2v) is 9.98. The van der Waals surface area contributed by atoms with Gasteiger partial charge in [0.1, 0.15) is 6.61 Å². The lowest BCUT2D eigenvalue weighted by Gasteiger charge is -2.51. The Morgan fingerprint density at radius 1 is 1.03 bits per heavy atom. The van der Waals surface area contributed by atoms with Crippen molar-refractivity contribution >= 4 is 6.09 Å². The molecule has 6 rings (SSSR count). The minimum atomic E-state index is -1.09. The van der Waals surface area contributed by atoms with Crippen molar-refractivity contribution in [2.45, 2.75) is 43.4 Å². The van der Waals surface area contributed by atoms with Gasteiger partial charge in [-0.1, -0.05) is 48.5 Å². The van der Waals surface area contributed by atoms with Crippen LogP contribution < -0.4 is 4.74 Å². The van der Waals surface area contributed by atoms with Gasteiger partial charge in [-0.25, -0.2) is 9.78 Å². The van der Waals surface area contributed by atoms with Crippen molar-refractivity contribution in [2.75, 3.05) is 26.9 Å². The highest BCUT2D eigenvalue weighted by Gasteiger charge is 2.50. The smallest absolute Gasteiger partial charge is 0.410 e. The van der Waals surface area contributed by atoms with Gasteiger partial charge in [0.25, 0.3) is 0 Å². The molecule has 1 aromatic heterocycles. The van der Waals surface area contributed by atoms with E-state index < -0.39 is 5.60 Å². The number of nitrogens with zero attached hydrogens (tertiary/aromatic N) is 2. The molecular formula is C29H30N2O5. The van der Waals surface area contributed by atoms with Gasteiger partial charge in [-0.15, -0.1) is 0 Å². The number of aromatic nitrogens is 1. The summed E-state index contributed by atoms with van der Waals surface area (Å²) in [6.45, 7) is 2.88. The molecule has 3 heterocycles. The fourth-order valence-corrected chi connectivity index (χ4v) is 6.31. The lowest BCUT2D eigenvalue weighted by molar-refractivity contribution is -0.136. The maximum absolute atomic E-state index is 13.4. The summed E-state index contributed by atoms with van der Waals surface area (Å²) in [5.74, 6) is 0.520. The molecule has 1 N–H and O–H groups in total. The van der Waals surface area contributed by atoms with E-state index in [1.54, 1.807) is 18.1 Å². The molecule has 3 aliphatic rings. The molecule has 2 unspecified atom stereocenters. The summed E-state index contributed by atoms with van der Waals surface area (Å²) in [4.78, 5) is 19.7. The molecule has 36 heavy (non-hydrogen) atoms. The first-order valence-electron chi connectivity index (χ1n) is 12.4. The van der Waals surface area contributed by atoms with E-state index in [4.69, 9.17) is 14.2 Å². The zero-order valence-corrected chi connectivity index (χ0v) is 20.5. The second kappa shape index (κ2) is 8.91. The van der Waals surface area contributed by atoms with Gasteiger partial charge in [-0.2, -0.15) is 0 Å². The van der Waals surface area contributed by atoms with Crippen molar-refractivity contribution in [3.8, 4) is 17.0 Å². The number of hydrogen-bond donors (Lipinski definition) is 1. The molecule has 7 heteroatoms. The van der Waals surface area contributed by atoms with Gasteiger partial charge in [0, 0.05) is 36.1 Å². The Bertz CT molecular complexity index is 1250. The van der Waals surface area contributed by atoms with Crippen molar-refractivity contribution in [2.24, 2.45) is 0 Å². The number of carbonyl (C=O) groups is 1. The van der Waals surface area contributed by atoms with E-state index in [-0.39, 0.29) is 30.7 Å². The SMILES string of the molecule is COc1ccc(C2(O)CC3COCC(C2)N3C(=O)OCC2c3ccccc3-c3ccccc32)c(C)n1. The molecule has 2 bridgehead atoms. The number of rotatable bonds is 4. The molecule has 2 atom stereocenters. The summed E-state index contributed by atoms with van der Waals surface area (Å²) in [5, 5.41) is 11.7.